The van der Waals surface area contributed by atoms with Crippen LogP contribution in [0.1, 0.15) is 45.4 Å². The topological polar surface area (TPSA) is 58.4 Å². The van der Waals surface area contributed by atoms with Crippen LogP contribution in [0.4, 0.5) is 0 Å². The Labute approximate surface area is 109 Å². The van der Waals surface area contributed by atoms with E-state index < -0.39 is 5.54 Å². The molecule has 3 rings (SSSR count). The molecule has 102 valence electrons. The van der Waals surface area contributed by atoms with Gasteiger partial charge in [0.2, 0.25) is 5.91 Å². The number of rotatable bonds is 6. The highest BCUT2D eigenvalue weighted by atomic mass is 16.1. The number of nitrogens with two attached hydrogens (primary N) is 1. The Bertz CT molecular complexity index is 338. The fourth-order valence-electron chi connectivity index (χ4n) is 3.36. The molecular formula is C14H25N3O. The van der Waals surface area contributed by atoms with Crippen LogP contribution in [0, 0.1) is 5.92 Å². The average Bonchev–Trinajstić information content (AvgIpc) is 3.21. The van der Waals surface area contributed by atoms with Crippen LogP contribution in [0.5, 0.6) is 0 Å². The number of carbonyl (C=O) groups is 1. The zero-order valence-electron chi connectivity index (χ0n) is 11.3. The molecule has 4 heteroatoms. The van der Waals surface area contributed by atoms with E-state index >= 15 is 0 Å². The SMILES string of the molecule is CC1CCCN1CC(NC1CC1)(C(N)=O)C1CC1. The molecule has 2 unspecified atom stereocenters. The second-order valence-electron chi connectivity index (χ2n) is 6.49. The van der Waals surface area contributed by atoms with Crippen LogP contribution in [0.2, 0.25) is 0 Å². The molecule has 18 heavy (non-hydrogen) atoms. The zero-order valence-corrected chi connectivity index (χ0v) is 11.3. The van der Waals surface area contributed by atoms with Gasteiger partial charge in [0.05, 0.1) is 0 Å². The first-order valence-electron chi connectivity index (χ1n) is 7.43. The smallest absolute Gasteiger partial charge is 0.239 e. The summed E-state index contributed by atoms with van der Waals surface area (Å²) in [4.78, 5) is 14.6. The number of likely N-dealkylation sites (tertiary alicyclic amines) is 1. The Kier molecular flexibility index (Phi) is 3.10. The van der Waals surface area contributed by atoms with Gasteiger partial charge in [0, 0.05) is 18.6 Å². The molecule has 0 radical (unpaired) electrons. The first-order valence-corrected chi connectivity index (χ1v) is 7.43. The number of hydrogen-bond donors (Lipinski definition) is 2. The van der Waals surface area contributed by atoms with E-state index in [1.165, 1.54) is 25.7 Å². The lowest BCUT2D eigenvalue weighted by Crippen LogP contribution is -2.64. The van der Waals surface area contributed by atoms with Gasteiger partial charge in [-0.05, 0) is 57.9 Å². The molecule has 4 nitrogen and oxygen atoms in total. The Hall–Kier alpha value is -0.610. The molecule has 2 aliphatic carbocycles. The van der Waals surface area contributed by atoms with Crippen LogP contribution in [0.3, 0.4) is 0 Å². The number of nitrogens with zero attached hydrogens (tertiary/aromatic N) is 1. The standard InChI is InChI=1S/C14H25N3O/c1-10-3-2-8-17(10)9-14(13(15)18,11-4-5-11)16-12-6-7-12/h10-12,16H,2-9H2,1H3,(H2,15,18). The van der Waals surface area contributed by atoms with Gasteiger partial charge < -0.3 is 5.73 Å². The molecule has 0 aromatic rings. The molecule has 0 aromatic heterocycles. The Balaban J connectivity index is 1.76. The number of amides is 1. The summed E-state index contributed by atoms with van der Waals surface area (Å²) < 4.78 is 0. The summed E-state index contributed by atoms with van der Waals surface area (Å²) in [5.74, 6) is 0.347. The highest BCUT2D eigenvalue weighted by Gasteiger charge is 2.53. The summed E-state index contributed by atoms with van der Waals surface area (Å²) >= 11 is 0. The second kappa shape index (κ2) is 4.49. The number of hydrogen-bond acceptors (Lipinski definition) is 3. The van der Waals surface area contributed by atoms with Crippen LogP contribution in [0.15, 0.2) is 0 Å². The van der Waals surface area contributed by atoms with Gasteiger partial charge in [0.1, 0.15) is 5.54 Å². The van der Waals surface area contributed by atoms with Crippen molar-refractivity contribution in [3.63, 3.8) is 0 Å². The molecule has 3 N–H and O–H groups in total. The normalized spacial score (nSPS) is 32.4. The minimum absolute atomic E-state index is 0.129. The summed E-state index contributed by atoms with van der Waals surface area (Å²) in [5, 5.41) is 3.60. The first-order chi connectivity index (χ1) is 8.62. The first kappa shape index (κ1) is 12.4. The van der Waals surface area contributed by atoms with Crippen LogP contribution < -0.4 is 11.1 Å². The van der Waals surface area contributed by atoms with E-state index in [0.717, 1.165) is 25.9 Å². The van der Waals surface area contributed by atoms with Crippen molar-refractivity contribution in [2.24, 2.45) is 11.7 Å². The molecule has 1 amide bonds. The third-order valence-corrected chi connectivity index (χ3v) is 4.90. The van der Waals surface area contributed by atoms with E-state index in [-0.39, 0.29) is 5.91 Å². The second-order valence-corrected chi connectivity index (χ2v) is 6.49. The Morgan fingerprint density at radius 1 is 1.33 bits per heavy atom. The molecule has 0 spiro atoms. The lowest BCUT2D eigenvalue weighted by atomic mass is 9.90. The van der Waals surface area contributed by atoms with Crippen molar-refractivity contribution >= 4 is 5.91 Å². The van der Waals surface area contributed by atoms with Gasteiger partial charge in [-0.2, -0.15) is 0 Å². The maximum Gasteiger partial charge on any atom is 0.239 e. The summed E-state index contributed by atoms with van der Waals surface area (Å²) in [5.41, 5.74) is 5.34. The highest BCUT2D eigenvalue weighted by Crippen LogP contribution is 2.42. The van der Waals surface area contributed by atoms with Crippen molar-refractivity contribution in [1.29, 1.82) is 0 Å². The Morgan fingerprint density at radius 2 is 2.06 bits per heavy atom. The lowest BCUT2D eigenvalue weighted by molar-refractivity contribution is -0.126. The molecule has 2 atom stereocenters. The fourth-order valence-corrected chi connectivity index (χ4v) is 3.36. The molecule has 3 aliphatic rings. The predicted octanol–water partition coefficient (Wildman–Crippen LogP) is 0.857. The summed E-state index contributed by atoms with van der Waals surface area (Å²) in [6.07, 6.45) is 7.23. The van der Waals surface area contributed by atoms with Crippen molar-refractivity contribution < 1.29 is 4.79 Å². The van der Waals surface area contributed by atoms with Crippen LogP contribution in [0.25, 0.3) is 0 Å². The van der Waals surface area contributed by atoms with Gasteiger partial charge in [-0.25, -0.2) is 0 Å². The predicted molar refractivity (Wildman–Crippen MR) is 71.1 cm³/mol. The molecule has 0 bridgehead atoms. The summed E-state index contributed by atoms with van der Waals surface area (Å²) in [6, 6.07) is 1.14. The van der Waals surface area contributed by atoms with Crippen molar-refractivity contribution in [1.82, 2.24) is 10.2 Å². The monoisotopic (exact) mass is 251 g/mol. The van der Waals surface area contributed by atoms with Gasteiger partial charge >= 0.3 is 0 Å². The minimum Gasteiger partial charge on any atom is -0.368 e. The number of nitrogens with one attached hydrogen (secondary N) is 1. The molecule has 1 aliphatic heterocycles. The number of carbonyl (C=O) groups excluding carboxylic acids is 1. The van der Waals surface area contributed by atoms with Crippen molar-refractivity contribution in [2.75, 3.05) is 13.1 Å². The average molecular weight is 251 g/mol. The van der Waals surface area contributed by atoms with Crippen molar-refractivity contribution in [3.05, 3.63) is 0 Å². The van der Waals surface area contributed by atoms with Gasteiger partial charge in [-0.3, -0.25) is 15.0 Å². The Morgan fingerprint density at radius 3 is 2.50 bits per heavy atom. The largest absolute Gasteiger partial charge is 0.368 e. The van der Waals surface area contributed by atoms with Crippen molar-refractivity contribution in [2.45, 2.75) is 63.1 Å². The van der Waals surface area contributed by atoms with Crippen molar-refractivity contribution in [3.8, 4) is 0 Å². The molecule has 1 saturated heterocycles. The lowest BCUT2D eigenvalue weighted by Gasteiger charge is -2.37. The third kappa shape index (κ3) is 2.28. The van der Waals surface area contributed by atoms with Crippen LogP contribution in [-0.2, 0) is 4.79 Å². The van der Waals surface area contributed by atoms with Gasteiger partial charge in [0.25, 0.3) is 0 Å². The molecular weight excluding hydrogens is 226 g/mol. The highest BCUT2D eigenvalue weighted by molar-refractivity contribution is 5.86. The maximum absolute atomic E-state index is 12.1. The third-order valence-electron chi connectivity index (χ3n) is 4.90. The van der Waals surface area contributed by atoms with Gasteiger partial charge in [-0.15, -0.1) is 0 Å². The minimum atomic E-state index is -0.445. The molecule has 1 heterocycles. The van der Waals surface area contributed by atoms with E-state index in [9.17, 15) is 4.79 Å². The van der Waals surface area contributed by atoms with E-state index in [1.54, 1.807) is 0 Å². The van der Waals surface area contributed by atoms with Crippen LogP contribution >= 0.6 is 0 Å². The van der Waals surface area contributed by atoms with Crippen LogP contribution in [-0.4, -0.2) is 41.5 Å². The van der Waals surface area contributed by atoms with Gasteiger partial charge in [-0.1, -0.05) is 0 Å². The number of primary amides is 1. The van der Waals surface area contributed by atoms with E-state index in [4.69, 9.17) is 5.73 Å². The van der Waals surface area contributed by atoms with Gasteiger partial charge in [0.15, 0.2) is 0 Å². The summed E-state index contributed by atoms with van der Waals surface area (Å²) in [7, 11) is 0. The van der Waals surface area contributed by atoms with E-state index in [0.29, 0.717) is 18.0 Å². The molecule has 0 aromatic carbocycles. The molecule has 3 fully saturated rings. The maximum atomic E-state index is 12.1. The zero-order chi connectivity index (χ0) is 12.8. The quantitative estimate of drug-likeness (QED) is 0.736. The van der Waals surface area contributed by atoms with E-state index in [1.807, 2.05) is 0 Å². The summed E-state index contributed by atoms with van der Waals surface area (Å²) in [6.45, 7) is 4.21. The van der Waals surface area contributed by atoms with E-state index in [2.05, 4.69) is 17.1 Å². The fraction of sp³-hybridized carbons (Fsp3) is 0.929. The molecule has 2 saturated carbocycles.